The normalized spacial score (nSPS) is 11.1. The number of halogens is 2. The largest absolute Gasteiger partial charge is 0.493 e. The van der Waals surface area contributed by atoms with Gasteiger partial charge in [0, 0.05) is 17.3 Å². The summed E-state index contributed by atoms with van der Waals surface area (Å²) < 4.78 is 29.8. The van der Waals surface area contributed by atoms with Gasteiger partial charge in [0.15, 0.2) is 11.5 Å². The van der Waals surface area contributed by atoms with Crippen molar-refractivity contribution in [2.75, 3.05) is 24.9 Å². The number of ether oxygens (including phenoxy) is 3. The van der Waals surface area contributed by atoms with E-state index in [0.717, 1.165) is 0 Å². The van der Waals surface area contributed by atoms with Crippen LogP contribution in [0.15, 0.2) is 60.9 Å². The predicted octanol–water partition coefficient (Wildman–Crippen LogP) is 5.84. The molecule has 0 spiro atoms. The fraction of sp³-hybridized carbons (Fsp3) is 0.185. The average molecular weight is 539 g/mol. The van der Waals surface area contributed by atoms with Crippen LogP contribution in [0.4, 0.5) is 15.8 Å². The summed E-state index contributed by atoms with van der Waals surface area (Å²) in [7, 11) is 3.05. The molecule has 9 nitrogen and oxygen atoms in total. The number of carbonyl (C=O) groups excluding carboxylic acids is 2. The molecule has 2 N–H and O–H groups in total. The molecule has 2 heterocycles. The van der Waals surface area contributed by atoms with Gasteiger partial charge in [-0.2, -0.15) is 0 Å². The molecule has 0 aliphatic heterocycles. The lowest BCUT2D eigenvalue weighted by Crippen LogP contribution is -2.41. The number of hydrogen-bond acceptors (Lipinski definition) is 7. The Morgan fingerprint density at radius 3 is 2.21 bits per heavy atom. The van der Waals surface area contributed by atoms with E-state index in [2.05, 4.69) is 20.6 Å². The monoisotopic (exact) mass is 538 g/mol. The van der Waals surface area contributed by atoms with E-state index in [4.69, 9.17) is 25.8 Å². The maximum atomic E-state index is 13.1. The molecule has 0 fully saturated rings. The molecule has 2 amide bonds. The highest BCUT2D eigenvalue weighted by atomic mass is 35.5. The predicted molar refractivity (Wildman–Crippen MR) is 142 cm³/mol. The Hall–Kier alpha value is -4.44. The zero-order chi connectivity index (χ0) is 27.4. The van der Waals surface area contributed by atoms with Crippen LogP contribution in [0.3, 0.4) is 0 Å². The van der Waals surface area contributed by atoms with Crippen molar-refractivity contribution in [1.29, 1.82) is 0 Å². The molecule has 38 heavy (non-hydrogen) atoms. The quantitative estimate of drug-likeness (QED) is 0.271. The van der Waals surface area contributed by atoms with E-state index in [0.29, 0.717) is 33.8 Å². The molecule has 2 aromatic carbocycles. The van der Waals surface area contributed by atoms with E-state index >= 15 is 0 Å². The van der Waals surface area contributed by atoms with Crippen LogP contribution < -0.4 is 24.8 Å². The molecule has 0 saturated carbocycles. The smallest absolute Gasteiger partial charge is 0.239 e. The second-order valence-corrected chi connectivity index (χ2v) is 9.07. The number of methoxy groups -OCH3 is 2. The molecule has 196 valence electrons. The van der Waals surface area contributed by atoms with E-state index in [1.165, 1.54) is 64.6 Å². The lowest BCUT2D eigenvalue weighted by molar-refractivity contribution is -0.135. The number of fused-ring (bicyclic) bond motifs is 1. The average Bonchev–Trinajstić information content (AvgIpc) is 2.90. The van der Waals surface area contributed by atoms with Crippen LogP contribution in [0.2, 0.25) is 5.02 Å². The van der Waals surface area contributed by atoms with Gasteiger partial charge in [0.2, 0.25) is 17.7 Å². The van der Waals surface area contributed by atoms with Crippen LogP contribution in [0, 0.1) is 11.2 Å². The Balaban J connectivity index is 1.50. The fourth-order valence-electron chi connectivity index (χ4n) is 3.48. The van der Waals surface area contributed by atoms with Crippen LogP contribution in [0.5, 0.6) is 23.1 Å². The van der Waals surface area contributed by atoms with Crippen LogP contribution in [-0.4, -0.2) is 36.0 Å². The first kappa shape index (κ1) is 26.6. The van der Waals surface area contributed by atoms with Gasteiger partial charge in [0.1, 0.15) is 27.5 Å². The highest BCUT2D eigenvalue weighted by molar-refractivity contribution is 6.32. The fourth-order valence-corrected chi connectivity index (χ4v) is 3.68. The van der Waals surface area contributed by atoms with Crippen LogP contribution >= 0.6 is 11.6 Å². The van der Waals surface area contributed by atoms with Gasteiger partial charge >= 0.3 is 0 Å². The number of anilines is 2. The number of benzene rings is 2. The molecule has 11 heteroatoms. The van der Waals surface area contributed by atoms with Crippen molar-refractivity contribution < 1.29 is 28.2 Å². The van der Waals surface area contributed by atoms with Crippen LogP contribution in [0.25, 0.3) is 10.9 Å². The number of hydrogen-bond donors (Lipinski definition) is 2. The summed E-state index contributed by atoms with van der Waals surface area (Å²) in [4.78, 5) is 34.2. The lowest BCUT2D eigenvalue weighted by atomic mass is 9.91. The summed E-state index contributed by atoms with van der Waals surface area (Å²) in [5, 5.41) is 6.02. The molecule has 0 atom stereocenters. The summed E-state index contributed by atoms with van der Waals surface area (Å²) in [5.41, 5.74) is -0.304. The van der Waals surface area contributed by atoms with E-state index in [-0.39, 0.29) is 16.6 Å². The standard InChI is InChI=1S/C27H24ClFN4O5/c1-27(2,25(34)32-16-7-5-15(29)6-8-16)26(35)33-17-13-19(28)24(31-14-17)38-20-11-12-30-22-18(20)9-10-21(36-3)23(22)37-4/h5-14H,1-4H3,(H,32,34)(H,33,35). The minimum absolute atomic E-state index is 0.0975. The third-order valence-electron chi connectivity index (χ3n) is 5.72. The highest BCUT2D eigenvalue weighted by Gasteiger charge is 2.36. The van der Waals surface area contributed by atoms with Crippen molar-refractivity contribution in [2.45, 2.75) is 13.8 Å². The molecule has 0 unspecified atom stereocenters. The number of nitrogens with zero attached hydrogens (tertiary/aromatic N) is 2. The number of aromatic nitrogens is 2. The zero-order valence-electron chi connectivity index (χ0n) is 21.0. The number of amides is 2. The second-order valence-electron chi connectivity index (χ2n) is 8.66. The van der Waals surface area contributed by atoms with Crippen molar-refractivity contribution in [3.05, 3.63) is 71.8 Å². The molecule has 0 saturated heterocycles. The maximum absolute atomic E-state index is 13.1. The minimum Gasteiger partial charge on any atom is -0.493 e. The van der Waals surface area contributed by atoms with Crippen molar-refractivity contribution in [3.63, 3.8) is 0 Å². The number of nitrogens with one attached hydrogen (secondary N) is 2. The first-order valence-corrected chi connectivity index (χ1v) is 11.7. The molecule has 0 radical (unpaired) electrons. The van der Waals surface area contributed by atoms with E-state index in [9.17, 15) is 14.0 Å². The van der Waals surface area contributed by atoms with Gasteiger partial charge in [0.25, 0.3) is 0 Å². The number of rotatable bonds is 8. The molecule has 0 aliphatic carbocycles. The Morgan fingerprint density at radius 1 is 0.895 bits per heavy atom. The van der Waals surface area contributed by atoms with Gasteiger partial charge in [-0.3, -0.25) is 14.6 Å². The summed E-state index contributed by atoms with van der Waals surface area (Å²) in [6.45, 7) is 2.93. The third kappa shape index (κ3) is 5.45. The summed E-state index contributed by atoms with van der Waals surface area (Å²) in [6, 6.07) is 11.9. The molecular formula is C27H24ClFN4O5. The van der Waals surface area contributed by atoms with Crippen molar-refractivity contribution >= 4 is 45.7 Å². The number of carbonyl (C=O) groups is 2. The van der Waals surface area contributed by atoms with E-state index < -0.39 is 23.0 Å². The maximum Gasteiger partial charge on any atom is 0.239 e. The van der Waals surface area contributed by atoms with Crippen LogP contribution in [-0.2, 0) is 9.59 Å². The molecule has 0 bridgehead atoms. The molecular weight excluding hydrogens is 515 g/mol. The summed E-state index contributed by atoms with van der Waals surface area (Å²) in [6.07, 6.45) is 2.92. The molecule has 4 aromatic rings. The number of pyridine rings is 2. The molecule has 2 aromatic heterocycles. The topological polar surface area (TPSA) is 112 Å². The van der Waals surface area contributed by atoms with Gasteiger partial charge in [-0.05, 0) is 62.4 Å². The Kier molecular flexibility index (Phi) is 7.63. The lowest BCUT2D eigenvalue weighted by Gasteiger charge is -2.23. The van der Waals surface area contributed by atoms with Crippen molar-refractivity contribution in [3.8, 4) is 23.1 Å². The first-order valence-electron chi connectivity index (χ1n) is 11.4. The Bertz CT molecular complexity index is 1510. The van der Waals surface area contributed by atoms with E-state index in [1.807, 2.05) is 0 Å². The summed E-state index contributed by atoms with van der Waals surface area (Å²) in [5.74, 6) is -0.0919. The van der Waals surface area contributed by atoms with Gasteiger partial charge < -0.3 is 24.8 Å². The van der Waals surface area contributed by atoms with Gasteiger partial charge in [-0.1, -0.05) is 11.6 Å². The second kappa shape index (κ2) is 10.9. The Morgan fingerprint density at radius 2 is 1.58 bits per heavy atom. The molecule has 0 aliphatic rings. The van der Waals surface area contributed by atoms with Gasteiger partial charge in [0.05, 0.1) is 26.1 Å². The Labute approximate surface area is 222 Å². The zero-order valence-corrected chi connectivity index (χ0v) is 21.7. The van der Waals surface area contributed by atoms with Gasteiger partial charge in [-0.15, -0.1) is 0 Å². The molecule has 4 rings (SSSR count). The van der Waals surface area contributed by atoms with Crippen LogP contribution in [0.1, 0.15) is 13.8 Å². The summed E-state index contributed by atoms with van der Waals surface area (Å²) >= 11 is 6.41. The van der Waals surface area contributed by atoms with Gasteiger partial charge in [-0.25, -0.2) is 9.37 Å². The van der Waals surface area contributed by atoms with Crippen molar-refractivity contribution in [1.82, 2.24) is 9.97 Å². The third-order valence-corrected chi connectivity index (χ3v) is 5.99. The highest BCUT2D eigenvalue weighted by Crippen LogP contribution is 2.39. The first-order chi connectivity index (χ1) is 18.1. The SMILES string of the molecule is COc1ccc2c(Oc3ncc(NC(=O)C(C)(C)C(=O)Nc4ccc(F)cc4)cc3Cl)ccnc2c1OC. The van der Waals surface area contributed by atoms with Crippen molar-refractivity contribution in [2.24, 2.45) is 5.41 Å². The minimum atomic E-state index is -1.47. The van der Waals surface area contributed by atoms with E-state index in [1.54, 1.807) is 24.4 Å².